The van der Waals surface area contributed by atoms with E-state index in [0.717, 1.165) is 11.1 Å². The summed E-state index contributed by atoms with van der Waals surface area (Å²) in [4.78, 5) is 23.7. The van der Waals surface area contributed by atoms with Gasteiger partial charge in [0.2, 0.25) is 5.91 Å². The van der Waals surface area contributed by atoms with Gasteiger partial charge in [-0.25, -0.2) is 0 Å². The van der Waals surface area contributed by atoms with Gasteiger partial charge in [-0.2, -0.15) is 0 Å². The number of nitrogens with zero attached hydrogens (tertiary/aromatic N) is 1. The third-order valence-corrected chi connectivity index (χ3v) is 2.79. The minimum atomic E-state index is -0.360. The Morgan fingerprint density at radius 2 is 1.76 bits per heavy atom. The summed E-state index contributed by atoms with van der Waals surface area (Å²) in [6.45, 7) is 5.44. The summed E-state index contributed by atoms with van der Waals surface area (Å²) in [6, 6.07) is 7.14. The van der Waals surface area contributed by atoms with Gasteiger partial charge in [0.15, 0.2) is 5.82 Å². The fraction of sp³-hybridized carbons (Fsp3) is 0.267. The molecule has 1 aromatic heterocycles. The Bertz CT molecular complexity index is 656. The molecule has 0 bridgehead atoms. The summed E-state index contributed by atoms with van der Waals surface area (Å²) in [7, 11) is 0. The molecule has 6 heteroatoms. The summed E-state index contributed by atoms with van der Waals surface area (Å²) < 4.78 is 4.83. The molecule has 0 saturated heterocycles. The maximum atomic E-state index is 12.0. The van der Waals surface area contributed by atoms with Crippen LogP contribution in [0.15, 0.2) is 28.8 Å². The predicted octanol–water partition coefficient (Wildman–Crippen LogP) is 1.97. The number of hydrogen-bond donors (Lipinski definition) is 2. The van der Waals surface area contributed by atoms with Crippen LogP contribution in [0.3, 0.4) is 0 Å². The van der Waals surface area contributed by atoms with Crippen molar-refractivity contribution < 1.29 is 14.1 Å². The number of aryl methyl sites for hydroxylation is 3. The third-order valence-electron chi connectivity index (χ3n) is 2.79. The fourth-order valence-corrected chi connectivity index (χ4v) is 1.98. The molecule has 2 rings (SSSR count). The molecule has 0 aliphatic rings. The highest BCUT2D eigenvalue weighted by atomic mass is 16.5. The van der Waals surface area contributed by atoms with Crippen molar-refractivity contribution >= 4 is 17.6 Å². The molecule has 0 radical (unpaired) electrons. The molecular weight excluding hydrogens is 270 g/mol. The maximum Gasteiger partial charge on any atom is 0.251 e. The molecule has 0 atom stereocenters. The quantitative estimate of drug-likeness (QED) is 0.900. The van der Waals surface area contributed by atoms with Crippen LogP contribution in [0.1, 0.15) is 27.2 Å². The number of carbonyl (C=O) groups excluding carboxylic acids is 2. The summed E-state index contributed by atoms with van der Waals surface area (Å²) >= 11 is 0. The van der Waals surface area contributed by atoms with E-state index in [9.17, 15) is 9.59 Å². The molecule has 110 valence electrons. The van der Waals surface area contributed by atoms with E-state index < -0.39 is 0 Å². The van der Waals surface area contributed by atoms with Gasteiger partial charge in [0.1, 0.15) is 5.76 Å². The van der Waals surface area contributed by atoms with Crippen molar-refractivity contribution in [1.82, 2.24) is 10.5 Å². The Morgan fingerprint density at radius 1 is 1.10 bits per heavy atom. The second-order valence-electron chi connectivity index (χ2n) is 4.93. The Kier molecular flexibility index (Phi) is 4.37. The molecule has 2 aromatic rings. The van der Waals surface area contributed by atoms with Crippen LogP contribution in [0.4, 0.5) is 5.82 Å². The van der Waals surface area contributed by atoms with E-state index in [4.69, 9.17) is 4.52 Å². The number of benzene rings is 1. The zero-order valence-corrected chi connectivity index (χ0v) is 12.2. The molecule has 2 amide bonds. The number of aromatic nitrogens is 1. The molecule has 0 spiro atoms. The van der Waals surface area contributed by atoms with Crippen molar-refractivity contribution in [1.29, 1.82) is 0 Å². The van der Waals surface area contributed by atoms with Gasteiger partial charge in [-0.05, 0) is 32.9 Å². The molecule has 0 fully saturated rings. The van der Waals surface area contributed by atoms with Crippen molar-refractivity contribution in [3.63, 3.8) is 0 Å². The predicted molar refractivity (Wildman–Crippen MR) is 78.1 cm³/mol. The van der Waals surface area contributed by atoms with E-state index in [1.54, 1.807) is 25.1 Å². The van der Waals surface area contributed by atoms with E-state index in [-0.39, 0.29) is 18.4 Å². The standard InChI is InChI=1S/C15H17N3O3/c1-9-4-10(2)6-12(5-9)15(20)16-8-14(19)17-13-7-11(3)21-18-13/h4-7H,8H2,1-3H3,(H,16,20)(H,17,18,19). The zero-order chi connectivity index (χ0) is 15.4. The Labute approximate surface area is 122 Å². The molecule has 0 unspecified atom stereocenters. The van der Waals surface area contributed by atoms with E-state index in [1.165, 1.54) is 0 Å². The van der Waals surface area contributed by atoms with Gasteiger partial charge < -0.3 is 15.2 Å². The highest BCUT2D eigenvalue weighted by molar-refractivity contribution is 5.99. The molecule has 0 saturated carbocycles. The lowest BCUT2D eigenvalue weighted by atomic mass is 10.1. The molecule has 6 nitrogen and oxygen atoms in total. The molecule has 0 aliphatic heterocycles. The van der Waals surface area contributed by atoms with Gasteiger partial charge in [0.25, 0.3) is 5.91 Å². The first-order chi connectivity index (χ1) is 9.94. The van der Waals surface area contributed by atoms with Crippen molar-refractivity contribution in [2.24, 2.45) is 0 Å². The molecule has 1 heterocycles. The van der Waals surface area contributed by atoms with Crippen LogP contribution in [-0.2, 0) is 4.79 Å². The molecular formula is C15H17N3O3. The lowest BCUT2D eigenvalue weighted by Gasteiger charge is -2.06. The van der Waals surface area contributed by atoms with E-state index in [1.807, 2.05) is 19.9 Å². The summed E-state index contributed by atoms with van der Waals surface area (Å²) in [6.07, 6.45) is 0. The van der Waals surface area contributed by atoms with Gasteiger partial charge in [-0.3, -0.25) is 9.59 Å². The highest BCUT2D eigenvalue weighted by Crippen LogP contribution is 2.09. The first-order valence-electron chi connectivity index (χ1n) is 6.54. The zero-order valence-electron chi connectivity index (χ0n) is 12.2. The Morgan fingerprint density at radius 3 is 2.33 bits per heavy atom. The van der Waals surface area contributed by atoms with Crippen LogP contribution < -0.4 is 10.6 Å². The van der Waals surface area contributed by atoms with Crippen molar-refractivity contribution in [3.05, 3.63) is 46.7 Å². The topological polar surface area (TPSA) is 84.2 Å². The number of nitrogens with one attached hydrogen (secondary N) is 2. The summed E-state index contributed by atoms with van der Waals surface area (Å²) in [5.41, 5.74) is 2.54. The minimum absolute atomic E-state index is 0.127. The van der Waals surface area contributed by atoms with Gasteiger partial charge in [0, 0.05) is 11.6 Å². The van der Waals surface area contributed by atoms with Crippen LogP contribution in [-0.4, -0.2) is 23.5 Å². The Hall–Kier alpha value is -2.63. The largest absolute Gasteiger partial charge is 0.360 e. The monoisotopic (exact) mass is 287 g/mol. The average molecular weight is 287 g/mol. The number of anilines is 1. The first-order valence-corrected chi connectivity index (χ1v) is 6.54. The lowest BCUT2D eigenvalue weighted by molar-refractivity contribution is -0.115. The van der Waals surface area contributed by atoms with Gasteiger partial charge in [-0.1, -0.05) is 22.3 Å². The van der Waals surface area contributed by atoms with Crippen LogP contribution >= 0.6 is 0 Å². The van der Waals surface area contributed by atoms with Crippen molar-refractivity contribution in [2.75, 3.05) is 11.9 Å². The van der Waals surface area contributed by atoms with Crippen LogP contribution in [0.5, 0.6) is 0 Å². The molecule has 2 N–H and O–H groups in total. The molecule has 0 aliphatic carbocycles. The van der Waals surface area contributed by atoms with E-state index in [2.05, 4.69) is 15.8 Å². The van der Waals surface area contributed by atoms with E-state index in [0.29, 0.717) is 17.1 Å². The van der Waals surface area contributed by atoms with Crippen molar-refractivity contribution in [2.45, 2.75) is 20.8 Å². The van der Waals surface area contributed by atoms with Gasteiger partial charge in [0.05, 0.1) is 6.54 Å². The number of rotatable bonds is 4. The van der Waals surface area contributed by atoms with Crippen molar-refractivity contribution in [3.8, 4) is 0 Å². The third kappa shape index (κ3) is 4.17. The normalized spacial score (nSPS) is 10.2. The summed E-state index contributed by atoms with van der Waals surface area (Å²) in [5.74, 6) is 0.289. The first kappa shape index (κ1) is 14.8. The van der Waals surface area contributed by atoms with Gasteiger partial charge in [-0.15, -0.1) is 0 Å². The number of carbonyl (C=O) groups is 2. The Balaban J connectivity index is 1.90. The number of amides is 2. The average Bonchev–Trinajstić information content (AvgIpc) is 2.80. The smallest absolute Gasteiger partial charge is 0.251 e. The fourth-order valence-electron chi connectivity index (χ4n) is 1.98. The van der Waals surface area contributed by atoms with Crippen LogP contribution in [0.25, 0.3) is 0 Å². The minimum Gasteiger partial charge on any atom is -0.360 e. The highest BCUT2D eigenvalue weighted by Gasteiger charge is 2.10. The van der Waals surface area contributed by atoms with E-state index >= 15 is 0 Å². The second-order valence-corrected chi connectivity index (χ2v) is 4.93. The SMILES string of the molecule is Cc1cc(C)cc(C(=O)NCC(=O)Nc2cc(C)on2)c1. The number of hydrogen-bond acceptors (Lipinski definition) is 4. The molecule has 1 aromatic carbocycles. The molecule has 21 heavy (non-hydrogen) atoms. The maximum absolute atomic E-state index is 12.0. The summed E-state index contributed by atoms with van der Waals surface area (Å²) in [5, 5.41) is 8.75. The second kappa shape index (κ2) is 6.21. The van der Waals surface area contributed by atoms with Gasteiger partial charge >= 0.3 is 0 Å². The van der Waals surface area contributed by atoms with Crippen LogP contribution in [0, 0.1) is 20.8 Å². The van der Waals surface area contributed by atoms with Crippen LogP contribution in [0.2, 0.25) is 0 Å². The lowest BCUT2D eigenvalue weighted by Crippen LogP contribution is -2.33.